The number of thiocarbonyl (C=S) groups is 1. The Labute approximate surface area is 140 Å². The fourth-order valence-electron chi connectivity index (χ4n) is 1.91. The molecule has 1 aromatic carbocycles. The van der Waals surface area contributed by atoms with Crippen molar-refractivity contribution in [1.82, 2.24) is 4.90 Å². The molecule has 0 radical (unpaired) electrons. The molecule has 1 aromatic heterocycles. The predicted octanol–water partition coefficient (Wildman–Crippen LogP) is 4.57. The number of furan rings is 1. The molecule has 0 unspecified atom stereocenters. The van der Waals surface area contributed by atoms with Gasteiger partial charge >= 0.3 is 0 Å². The third-order valence-corrected chi connectivity index (χ3v) is 4.87. The highest BCUT2D eigenvalue weighted by molar-refractivity contribution is 8.26. The Morgan fingerprint density at radius 2 is 2.14 bits per heavy atom. The van der Waals surface area contributed by atoms with Gasteiger partial charge in [-0.15, -0.1) is 0 Å². The summed E-state index contributed by atoms with van der Waals surface area (Å²) < 4.78 is 19.3. The van der Waals surface area contributed by atoms with Gasteiger partial charge in [0.2, 0.25) is 0 Å². The third-order valence-electron chi connectivity index (χ3n) is 3.09. The zero-order chi connectivity index (χ0) is 15.9. The molecule has 112 valence electrons. The number of thioether (sulfide) groups is 1. The Balaban J connectivity index is 1.90. The lowest BCUT2D eigenvalue weighted by molar-refractivity contribution is -0.121. The van der Waals surface area contributed by atoms with Crippen molar-refractivity contribution < 1.29 is 13.6 Å². The van der Waals surface area contributed by atoms with Crippen LogP contribution in [0.5, 0.6) is 0 Å². The Morgan fingerprint density at radius 1 is 1.36 bits per heavy atom. The smallest absolute Gasteiger partial charge is 0.266 e. The molecule has 3 rings (SSSR count). The van der Waals surface area contributed by atoms with E-state index >= 15 is 0 Å². The zero-order valence-electron chi connectivity index (χ0n) is 11.3. The average molecular weight is 354 g/mol. The van der Waals surface area contributed by atoms with E-state index in [0.29, 0.717) is 26.3 Å². The molecular weight excluding hydrogens is 345 g/mol. The molecule has 0 spiro atoms. The van der Waals surface area contributed by atoms with Gasteiger partial charge in [-0.25, -0.2) is 4.39 Å². The highest BCUT2D eigenvalue weighted by Crippen LogP contribution is 2.33. The standard InChI is InChI=1S/C15H9ClFNO2S2/c1-18-14(19)13(22-15(18)21)7-9-3-5-12(20-9)8-2-4-11(17)10(16)6-8/h2-7H,1H3/b13-7+. The van der Waals surface area contributed by atoms with E-state index in [2.05, 4.69) is 0 Å². The first kappa shape index (κ1) is 15.3. The molecule has 1 aliphatic heterocycles. The molecule has 7 heteroatoms. The summed E-state index contributed by atoms with van der Waals surface area (Å²) in [5, 5.41) is 0.0299. The second-order valence-corrected chi connectivity index (χ2v) is 6.65. The van der Waals surface area contributed by atoms with Crippen LogP contribution < -0.4 is 0 Å². The summed E-state index contributed by atoms with van der Waals surface area (Å²) in [6.45, 7) is 0. The highest BCUT2D eigenvalue weighted by atomic mass is 35.5. The SMILES string of the molecule is CN1C(=O)/C(=C\c2ccc(-c3ccc(F)c(Cl)c3)o2)SC1=S. The number of likely N-dealkylation sites (N-methyl/N-ethyl adjacent to an activating group) is 1. The van der Waals surface area contributed by atoms with Gasteiger partial charge in [-0.2, -0.15) is 0 Å². The number of carbonyl (C=O) groups is 1. The topological polar surface area (TPSA) is 33.5 Å². The monoisotopic (exact) mass is 353 g/mol. The van der Waals surface area contributed by atoms with Crippen molar-refractivity contribution in [1.29, 1.82) is 0 Å². The lowest BCUT2D eigenvalue weighted by Gasteiger charge is -2.03. The van der Waals surface area contributed by atoms with Gasteiger partial charge in [0.05, 0.1) is 9.93 Å². The van der Waals surface area contributed by atoms with Gasteiger partial charge in [-0.05, 0) is 30.3 Å². The van der Waals surface area contributed by atoms with Gasteiger partial charge in [-0.1, -0.05) is 35.6 Å². The summed E-state index contributed by atoms with van der Waals surface area (Å²) in [6.07, 6.45) is 1.64. The van der Waals surface area contributed by atoms with E-state index in [0.717, 1.165) is 0 Å². The maximum atomic E-state index is 13.2. The number of nitrogens with zero attached hydrogens (tertiary/aromatic N) is 1. The summed E-state index contributed by atoms with van der Waals surface area (Å²) in [7, 11) is 1.63. The van der Waals surface area contributed by atoms with E-state index in [-0.39, 0.29) is 10.9 Å². The lowest BCUT2D eigenvalue weighted by Crippen LogP contribution is -2.22. The van der Waals surface area contributed by atoms with Crippen LogP contribution in [-0.2, 0) is 4.79 Å². The van der Waals surface area contributed by atoms with Gasteiger partial charge in [-0.3, -0.25) is 9.69 Å². The normalized spacial score (nSPS) is 16.9. The van der Waals surface area contributed by atoms with Gasteiger partial charge in [0.15, 0.2) is 0 Å². The minimum atomic E-state index is -0.483. The molecule has 0 atom stereocenters. The maximum absolute atomic E-state index is 13.2. The zero-order valence-corrected chi connectivity index (χ0v) is 13.7. The average Bonchev–Trinajstić information content (AvgIpc) is 3.04. The Kier molecular flexibility index (Phi) is 4.08. The van der Waals surface area contributed by atoms with Crippen LogP contribution in [0.1, 0.15) is 5.76 Å². The molecule has 22 heavy (non-hydrogen) atoms. The molecule has 0 N–H and O–H groups in total. The number of benzene rings is 1. The van der Waals surface area contributed by atoms with Crippen LogP contribution >= 0.6 is 35.6 Å². The molecule has 1 aliphatic rings. The molecule has 1 fully saturated rings. The van der Waals surface area contributed by atoms with Crippen molar-refractivity contribution in [3.05, 3.63) is 51.8 Å². The van der Waals surface area contributed by atoms with Gasteiger partial charge in [0.25, 0.3) is 5.91 Å². The van der Waals surface area contributed by atoms with Crippen molar-refractivity contribution in [2.75, 3.05) is 7.05 Å². The second-order valence-electron chi connectivity index (χ2n) is 4.57. The van der Waals surface area contributed by atoms with Gasteiger partial charge < -0.3 is 4.42 Å². The van der Waals surface area contributed by atoms with Crippen LogP contribution in [0, 0.1) is 5.82 Å². The summed E-state index contributed by atoms with van der Waals surface area (Å²) in [5.74, 6) is 0.422. The molecular formula is C15H9ClFNO2S2. The van der Waals surface area contributed by atoms with E-state index < -0.39 is 5.82 Å². The Hall–Kier alpha value is -1.63. The number of rotatable bonds is 2. The van der Waals surface area contributed by atoms with Crippen LogP contribution in [0.15, 0.2) is 39.7 Å². The van der Waals surface area contributed by atoms with Crippen molar-refractivity contribution in [3.63, 3.8) is 0 Å². The van der Waals surface area contributed by atoms with Crippen molar-refractivity contribution in [2.45, 2.75) is 0 Å². The van der Waals surface area contributed by atoms with Crippen molar-refractivity contribution in [3.8, 4) is 11.3 Å². The molecule has 2 aromatic rings. The van der Waals surface area contributed by atoms with Crippen LogP contribution in [0.2, 0.25) is 5.02 Å². The molecule has 1 saturated heterocycles. The van der Waals surface area contributed by atoms with Gasteiger partial charge in [0, 0.05) is 18.7 Å². The lowest BCUT2D eigenvalue weighted by atomic mass is 10.2. The van der Waals surface area contributed by atoms with E-state index in [1.54, 1.807) is 31.3 Å². The van der Waals surface area contributed by atoms with Crippen molar-refractivity contribution >= 4 is 51.9 Å². The molecule has 0 aliphatic carbocycles. The van der Waals surface area contributed by atoms with Gasteiger partial charge in [0.1, 0.15) is 21.7 Å². The first-order chi connectivity index (χ1) is 10.5. The number of halogens is 2. The molecule has 2 heterocycles. The molecule has 1 amide bonds. The fraction of sp³-hybridized carbons (Fsp3) is 0.0667. The fourth-order valence-corrected chi connectivity index (χ4v) is 3.25. The molecule has 0 saturated carbocycles. The Bertz CT molecular complexity index is 816. The quantitative estimate of drug-likeness (QED) is 0.585. The summed E-state index contributed by atoms with van der Waals surface area (Å²) in [6, 6.07) is 7.82. The summed E-state index contributed by atoms with van der Waals surface area (Å²) in [5.41, 5.74) is 0.661. The van der Waals surface area contributed by atoms with Crippen molar-refractivity contribution in [2.24, 2.45) is 0 Å². The first-order valence-electron chi connectivity index (χ1n) is 6.22. The van der Waals surface area contributed by atoms with Crippen LogP contribution in [0.3, 0.4) is 0 Å². The van der Waals surface area contributed by atoms with Crippen LogP contribution in [0.4, 0.5) is 4.39 Å². The van der Waals surface area contributed by atoms with Crippen LogP contribution in [0.25, 0.3) is 17.4 Å². The van der Waals surface area contributed by atoms with E-state index in [1.807, 2.05) is 0 Å². The minimum absolute atomic E-state index is 0.0299. The summed E-state index contributed by atoms with van der Waals surface area (Å²) >= 11 is 12.1. The first-order valence-corrected chi connectivity index (χ1v) is 7.83. The third kappa shape index (κ3) is 2.82. The maximum Gasteiger partial charge on any atom is 0.266 e. The van der Waals surface area contributed by atoms with Crippen LogP contribution in [-0.4, -0.2) is 22.2 Å². The molecule has 3 nitrogen and oxygen atoms in total. The second kappa shape index (κ2) is 5.87. The van der Waals surface area contributed by atoms with E-state index in [9.17, 15) is 9.18 Å². The Morgan fingerprint density at radius 3 is 2.77 bits per heavy atom. The van der Waals surface area contributed by atoms with E-state index in [4.69, 9.17) is 28.2 Å². The number of hydrogen-bond acceptors (Lipinski definition) is 4. The minimum Gasteiger partial charge on any atom is -0.457 e. The highest BCUT2D eigenvalue weighted by Gasteiger charge is 2.29. The number of amides is 1. The molecule has 0 bridgehead atoms. The largest absolute Gasteiger partial charge is 0.457 e. The summed E-state index contributed by atoms with van der Waals surface area (Å²) in [4.78, 5) is 13.8. The number of hydrogen-bond donors (Lipinski definition) is 0. The van der Waals surface area contributed by atoms with E-state index in [1.165, 1.54) is 28.8 Å². The number of carbonyl (C=O) groups excluding carboxylic acids is 1. The predicted molar refractivity (Wildman–Crippen MR) is 90.0 cm³/mol.